The van der Waals surface area contributed by atoms with E-state index in [9.17, 15) is 4.79 Å². The molecule has 7 nitrogen and oxygen atoms in total. The second-order valence-corrected chi connectivity index (χ2v) is 6.10. The normalized spacial score (nSPS) is 10.8. The molecular weight excluding hydrogens is 300 g/mol. The van der Waals surface area contributed by atoms with Crippen molar-refractivity contribution in [3.63, 3.8) is 0 Å². The van der Waals surface area contributed by atoms with Crippen molar-refractivity contribution in [2.24, 2.45) is 0 Å². The van der Waals surface area contributed by atoms with E-state index >= 15 is 0 Å². The van der Waals surface area contributed by atoms with Crippen LogP contribution in [0.5, 0.6) is 0 Å². The standard InChI is InChI=1S/C14H16N6OS/c1-10-11(2)22-14(20-9-16-17-18-20)12(10)13(21)15-5-8-19-6-3-4-7-19/h3-4,6-7,9H,5,8H2,1-2H3,(H,15,21). The molecule has 0 saturated heterocycles. The molecule has 1 N–H and O–H groups in total. The van der Waals surface area contributed by atoms with E-state index < -0.39 is 0 Å². The van der Waals surface area contributed by atoms with E-state index in [2.05, 4.69) is 20.8 Å². The van der Waals surface area contributed by atoms with Crippen LogP contribution >= 0.6 is 11.3 Å². The molecule has 0 bridgehead atoms. The van der Waals surface area contributed by atoms with Gasteiger partial charge in [-0.2, -0.15) is 4.68 Å². The van der Waals surface area contributed by atoms with Crippen LogP contribution < -0.4 is 5.32 Å². The van der Waals surface area contributed by atoms with Crippen molar-refractivity contribution in [1.29, 1.82) is 0 Å². The van der Waals surface area contributed by atoms with Crippen LogP contribution in [-0.4, -0.2) is 37.2 Å². The largest absolute Gasteiger partial charge is 0.353 e. The Morgan fingerprint density at radius 3 is 2.77 bits per heavy atom. The summed E-state index contributed by atoms with van der Waals surface area (Å²) in [5.74, 6) is -0.0977. The lowest BCUT2D eigenvalue weighted by Gasteiger charge is -2.08. The lowest BCUT2D eigenvalue weighted by atomic mass is 10.1. The summed E-state index contributed by atoms with van der Waals surface area (Å²) in [4.78, 5) is 13.6. The molecule has 0 aliphatic carbocycles. The van der Waals surface area contributed by atoms with Crippen LogP contribution in [0, 0.1) is 13.8 Å². The highest BCUT2D eigenvalue weighted by atomic mass is 32.1. The Labute approximate surface area is 131 Å². The average Bonchev–Trinajstić information content (AvgIpc) is 3.22. The number of nitrogens with zero attached hydrogens (tertiary/aromatic N) is 5. The summed E-state index contributed by atoms with van der Waals surface area (Å²) in [7, 11) is 0. The summed E-state index contributed by atoms with van der Waals surface area (Å²) in [6.45, 7) is 5.24. The van der Waals surface area contributed by atoms with Crippen LogP contribution in [0.4, 0.5) is 0 Å². The number of amides is 1. The first-order valence-electron chi connectivity index (χ1n) is 6.89. The molecule has 0 aromatic carbocycles. The Morgan fingerprint density at radius 2 is 2.09 bits per heavy atom. The zero-order valence-corrected chi connectivity index (χ0v) is 13.2. The second kappa shape index (κ2) is 6.10. The SMILES string of the molecule is Cc1sc(-n2cnnn2)c(C(=O)NCCn2cccc2)c1C. The summed E-state index contributed by atoms with van der Waals surface area (Å²) in [5.41, 5.74) is 1.61. The minimum absolute atomic E-state index is 0.0977. The van der Waals surface area contributed by atoms with Gasteiger partial charge < -0.3 is 9.88 Å². The third-order valence-electron chi connectivity index (χ3n) is 3.47. The monoisotopic (exact) mass is 316 g/mol. The Kier molecular flexibility index (Phi) is 4.01. The van der Waals surface area contributed by atoms with Gasteiger partial charge in [-0.1, -0.05) is 0 Å². The Balaban J connectivity index is 1.77. The highest BCUT2D eigenvalue weighted by molar-refractivity contribution is 7.15. The van der Waals surface area contributed by atoms with Crippen LogP contribution in [0.15, 0.2) is 30.9 Å². The lowest BCUT2D eigenvalue weighted by Crippen LogP contribution is -2.28. The molecule has 1 amide bonds. The number of tetrazole rings is 1. The van der Waals surface area contributed by atoms with E-state index in [1.165, 1.54) is 22.3 Å². The molecule has 3 aromatic rings. The molecule has 3 heterocycles. The van der Waals surface area contributed by atoms with Gasteiger partial charge in [0, 0.05) is 30.4 Å². The summed E-state index contributed by atoms with van der Waals surface area (Å²) >= 11 is 1.51. The zero-order valence-electron chi connectivity index (χ0n) is 12.4. The minimum Gasteiger partial charge on any atom is -0.353 e. The van der Waals surface area contributed by atoms with Gasteiger partial charge in [0.15, 0.2) is 0 Å². The maximum absolute atomic E-state index is 12.5. The number of thiophene rings is 1. The topological polar surface area (TPSA) is 77.6 Å². The number of aromatic nitrogens is 5. The number of hydrogen-bond acceptors (Lipinski definition) is 5. The van der Waals surface area contributed by atoms with E-state index in [0.717, 1.165) is 22.0 Å². The molecule has 0 aliphatic rings. The number of rotatable bonds is 5. The van der Waals surface area contributed by atoms with Crippen molar-refractivity contribution in [1.82, 2.24) is 30.1 Å². The van der Waals surface area contributed by atoms with Crippen LogP contribution in [0.25, 0.3) is 5.00 Å². The summed E-state index contributed by atoms with van der Waals surface area (Å²) < 4.78 is 3.56. The fourth-order valence-corrected chi connectivity index (χ4v) is 3.27. The first-order valence-corrected chi connectivity index (χ1v) is 7.71. The van der Waals surface area contributed by atoms with Crippen LogP contribution in [-0.2, 0) is 6.54 Å². The molecule has 0 aliphatic heterocycles. The summed E-state index contributed by atoms with van der Waals surface area (Å²) in [6, 6.07) is 3.92. The second-order valence-electron chi connectivity index (χ2n) is 4.89. The van der Waals surface area contributed by atoms with Gasteiger partial charge in [-0.25, -0.2) is 0 Å². The quantitative estimate of drug-likeness (QED) is 0.775. The fourth-order valence-electron chi connectivity index (χ4n) is 2.20. The maximum atomic E-state index is 12.5. The minimum atomic E-state index is -0.0977. The Hall–Kier alpha value is -2.48. The molecule has 3 aromatic heterocycles. The van der Waals surface area contributed by atoms with Gasteiger partial charge in [-0.3, -0.25) is 4.79 Å². The molecule has 114 valence electrons. The van der Waals surface area contributed by atoms with Gasteiger partial charge in [0.25, 0.3) is 5.91 Å². The average molecular weight is 316 g/mol. The predicted octanol–water partition coefficient (Wildman–Crippen LogP) is 1.57. The third-order valence-corrected chi connectivity index (χ3v) is 4.67. The van der Waals surface area contributed by atoms with Crippen molar-refractivity contribution >= 4 is 17.2 Å². The number of carbonyl (C=O) groups is 1. The van der Waals surface area contributed by atoms with Gasteiger partial charge in [0.05, 0.1) is 5.56 Å². The maximum Gasteiger partial charge on any atom is 0.254 e. The van der Waals surface area contributed by atoms with Crippen LogP contribution in [0.1, 0.15) is 20.8 Å². The fraction of sp³-hybridized carbons (Fsp3) is 0.286. The van der Waals surface area contributed by atoms with E-state index in [1.54, 1.807) is 0 Å². The summed E-state index contributed by atoms with van der Waals surface area (Å²) in [5, 5.41) is 14.9. The summed E-state index contributed by atoms with van der Waals surface area (Å²) in [6.07, 6.45) is 5.44. The van der Waals surface area contributed by atoms with Crippen LogP contribution in [0.3, 0.4) is 0 Å². The van der Waals surface area contributed by atoms with Crippen molar-refractivity contribution < 1.29 is 4.79 Å². The van der Waals surface area contributed by atoms with Crippen molar-refractivity contribution in [2.45, 2.75) is 20.4 Å². The van der Waals surface area contributed by atoms with E-state index in [-0.39, 0.29) is 5.91 Å². The number of nitrogens with one attached hydrogen (secondary N) is 1. The van der Waals surface area contributed by atoms with Crippen LogP contribution in [0.2, 0.25) is 0 Å². The highest BCUT2D eigenvalue weighted by Gasteiger charge is 2.21. The molecule has 0 unspecified atom stereocenters. The number of aryl methyl sites for hydroxylation is 1. The smallest absolute Gasteiger partial charge is 0.254 e. The number of hydrogen-bond donors (Lipinski definition) is 1. The van der Waals surface area contributed by atoms with Gasteiger partial charge in [0.2, 0.25) is 0 Å². The van der Waals surface area contributed by atoms with Crippen molar-refractivity contribution in [2.75, 3.05) is 6.54 Å². The van der Waals surface area contributed by atoms with Gasteiger partial charge in [0.1, 0.15) is 11.3 Å². The molecule has 0 spiro atoms. The first-order chi connectivity index (χ1) is 10.7. The van der Waals surface area contributed by atoms with Crippen molar-refractivity contribution in [3.8, 4) is 5.00 Å². The molecule has 3 rings (SSSR count). The number of carbonyl (C=O) groups excluding carboxylic acids is 1. The Morgan fingerprint density at radius 1 is 1.32 bits per heavy atom. The molecule has 0 saturated carbocycles. The van der Waals surface area contributed by atoms with E-state index in [4.69, 9.17) is 0 Å². The zero-order chi connectivity index (χ0) is 15.5. The molecule has 0 fully saturated rings. The molecule has 8 heteroatoms. The van der Waals surface area contributed by atoms with Gasteiger partial charge in [-0.15, -0.1) is 16.4 Å². The molecule has 22 heavy (non-hydrogen) atoms. The van der Waals surface area contributed by atoms with E-state index in [0.29, 0.717) is 12.1 Å². The van der Waals surface area contributed by atoms with E-state index in [1.807, 2.05) is 42.9 Å². The highest BCUT2D eigenvalue weighted by Crippen LogP contribution is 2.29. The predicted molar refractivity (Wildman–Crippen MR) is 83.3 cm³/mol. The molecule has 0 atom stereocenters. The molecule has 0 radical (unpaired) electrons. The lowest BCUT2D eigenvalue weighted by molar-refractivity contribution is 0.0952. The van der Waals surface area contributed by atoms with Crippen molar-refractivity contribution in [3.05, 3.63) is 46.9 Å². The molecular formula is C14H16N6OS. The first kappa shape index (κ1) is 14.5. The Bertz CT molecular complexity index is 760. The van der Waals surface area contributed by atoms with Gasteiger partial charge in [-0.05, 0) is 42.0 Å². The third kappa shape index (κ3) is 2.77. The van der Waals surface area contributed by atoms with Gasteiger partial charge >= 0.3 is 0 Å².